The Balaban J connectivity index is -0.000000332. The van der Waals surface area contributed by atoms with E-state index in [1.165, 1.54) is 52.0 Å². The van der Waals surface area contributed by atoms with Crippen molar-refractivity contribution in [1.29, 1.82) is 0 Å². The third-order valence-electron chi connectivity index (χ3n) is 8.30. The van der Waals surface area contributed by atoms with E-state index < -0.39 is 48.6 Å². The molecule has 62 heavy (non-hydrogen) atoms. The average Bonchev–Trinajstić information content (AvgIpc) is 3.82. The lowest BCUT2D eigenvalue weighted by molar-refractivity contribution is -0.150. The average molecular weight is 889 g/mol. The summed E-state index contributed by atoms with van der Waals surface area (Å²) >= 11 is 0. The van der Waals surface area contributed by atoms with Crippen LogP contribution in [0.4, 0.5) is 0 Å². The molecule has 0 aromatic rings. The fraction of sp³-hybridized carbons (Fsp3) is 0.652. The molecule has 2 aliphatic carbocycles. The number of carbonyl (C=O) groups excluding carboxylic acids is 4. The predicted molar refractivity (Wildman–Crippen MR) is 238 cm³/mol. The summed E-state index contributed by atoms with van der Waals surface area (Å²) in [5.74, 6) is -1.44. The maximum Gasteiger partial charge on any atom is 0.303 e. The number of carbonyl (C=O) groups is 4. The number of rotatable bonds is 20. The van der Waals surface area contributed by atoms with Gasteiger partial charge in [-0.15, -0.1) is 13.2 Å². The lowest BCUT2D eigenvalue weighted by atomic mass is 10.1. The summed E-state index contributed by atoms with van der Waals surface area (Å²) in [4.78, 5) is 42.5. The van der Waals surface area contributed by atoms with Crippen LogP contribution >= 0.6 is 0 Å². The SMILES string of the molecule is C=C[C@@H](O)C[C@@H](O)C=C.C=C[C@H](C[C@H](C=C)OC(C)=O)OC(C)=O.CC(=O)O[C@@H]1C=C[C@H](OC(C)=O)C1.CC[C@@H](O)C[C@@H](O)CC.CC[C@@H](O)C[C@@H](O)CC.O[C@@H]1C=C[C@H](O)C1. The van der Waals surface area contributed by atoms with E-state index in [0.29, 0.717) is 32.1 Å². The molecular weight excluding hydrogens is 808 g/mol. The zero-order valence-electron chi connectivity index (χ0n) is 38.3. The van der Waals surface area contributed by atoms with Gasteiger partial charge in [0.05, 0.1) is 48.8 Å². The Hall–Kier alpha value is -4.00. The van der Waals surface area contributed by atoms with Crippen LogP contribution in [0.15, 0.2) is 74.9 Å². The van der Waals surface area contributed by atoms with Gasteiger partial charge in [0.25, 0.3) is 0 Å². The Morgan fingerprint density at radius 1 is 0.500 bits per heavy atom. The number of hydrogen-bond donors (Lipinski definition) is 8. The molecule has 0 amide bonds. The van der Waals surface area contributed by atoms with Crippen LogP contribution in [0, 0.1) is 0 Å². The van der Waals surface area contributed by atoms with E-state index in [4.69, 9.17) is 59.8 Å². The highest BCUT2D eigenvalue weighted by Gasteiger charge is 2.23. The van der Waals surface area contributed by atoms with Gasteiger partial charge in [-0.05, 0) is 50.7 Å². The minimum Gasteiger partial charge on any atom is -0.458 e. The number of hydrogen-bond acceptors (Lipinski definition) is 16. The maximum atomic E-state index is 10.7. The van der Waals surface area contributed by atoms with Crippen molar-refractivity contribution >= 4 is 23.9 Å². The van der Waals surface area contributed by atoms with Gasteiger partial charge in [-0.3, -0.25) is 19.2 Å². The standard InChI is InChI=1S/C11H16O4.C9H12O4.2C7H16O2.C7H12O2.C5H8O2/c1-5-10(14-8(3)12)7-11(6-2)15-9(4)13;1-6(10)12-8-3-4-9(5-8)13-7(2)11;3*1-3-6(8)5-7(9)4-2;6-4-1-2-5(7)3-4/h5-6,10-11H,1-2,7H2,3-4H3;3-4,8-9H,5H2,1-2H3;2*6-9H,3-5H2,1-2H3;3-4,6-9H,1-2,5H2;1-2,4-7H,3H2/t10-,11+;8-,9+;3*6-,7+;4-,5+. The van der Waals surface area contributed by atoms with Crippen molar-refractivity contribution in [3.63, 3.8) is 0 Å². The van der Waals surface area contributed by atoms with E-state index in [9.17, 15) is 19.2 Å². The third kappa shape index (κ3) is 44.1. The van der Waals surface area contributed by atoms with Crippen LogP contribution in [0.5, 0.6) is 0 Å². The Morgan fingerprint density at radius 2 is 0.806 bits per heavy atom. The van der Waals surface area contributed by atoms with Gasteiger partial charge in [0, 0.05) is 53.4 Å². The lowest BCUT2D eigenvalue weighted by Crippen LogP contribution is -2.23. The van der Waals surface area contributed by atoms with Gasteiger partial charge in [0.1, 0.15) is 24.4 Å². The molecule has 0 aromatic heterocycles. The fourth-order valence-corrected chi connectivity index (χ4v) is 4.67. The highest BCUT2D eigenvalue weighted by Crippen LogP contribution is 2.17. The molecule has 8 N–H and O–H groups in total. The second-order valence-corrected chi connectivity index (χ2v) is 14.2. The quantitative estimate of drug-likeness (QED) is 0.0478. The summed E-state index contributed by atoms with van der Waals surface area (Å²) in [6, 6.07) is 0. The topological polar surface area (TPSA) is 267 Å². The summed E-state index contributed by atoms with van der Waals surface area (Å²) < 4.78 is 19.6. The molecule has 12 atom stereocenters. The number of aliphatic hydroxyl groups is 8. The minimum absolute atomic E-state index is 0.248. The van der Waals surface area contributed by atoms with Gasteiger partial charge in [-0.25, -0.2) is 0 Å². The Morgan fingerprint density at radius 3 is 1.00 bits per heavy atom. The van der Waals surface area contributed by atoms with Crippen LogP contribution in [0.25, 0.3) is 0 Å². The van der Waals surface area contributed by atoms with E-state index in [2.05, 4.69) is 26.3 Å². The van der Waals surface area contributed by atoms with E-state index in [0.717, 1.165) is 25.7 Å². The lowest BCUT2D eigenvalue weighted by Gasteiger charge is -2.18. The first-order valence-electron chi connectivity index (χ1n) is 21.0. The van der Waals surface area contributed by atoms with Gasteiger partial charge < -0.3 is 59.8 Å². The molecule has 0 saturated heterocycles. The van der Waals surface area contributed by atoms with E-state index >= 15 is 0 Å². The molecule has 0 aromatic carbocycles. The third-order valence-corrected chi connectivity index (χ3v) is 8.30. The van der Waals surface area contributed by atoms with Crippen molar-refractivity contribution in [2.24, 2.45) is 0 Å². The number of esters is 4. The van der Waals surface area contributed by atoms with Crippen LogP contribution in [0.2, 0.25) is 0 Å². The predicted octanol–water partition coefficient (Wildman–Crippen LogP) is 4.40. The molecule has 2 rings (SSSR count). The molecule has 360 valence electrons. The summed E-state index contributed by atoms with van der Waals surface area (Å²) in [6.07, 6.45) is 13.2. The van der Waals surface area contributed by atoms with Crippen molar-refractivity contribution in [1.82, 2.24) is 0 Å². The van der Waals surface area contributed by atoms with Gasteiger partial charge >= 0.3 is 23.9 Å². The van der Waals surface area contributed by atoms with Crippen LogP contribution < -0.4 is 0 Å². The second-order valence-electron chi connectivity index (χ2n) is 14.2. The normalized spacial score (nSPS) is 20.5. The van der Waals surface area contributed by atoms with Crippen LogP contribution in [0.3, 0.4) is 0 Å². The summed E-state index contributed by atoms with van der Waals surface area (Å²) in [5.41, 5.74) is 0. The van der Waals surface area contributed by atoms with Crippen molar-refractivity contribution in [3.05, 3.63) is 74.9 Å². The van der Waals surface area contributed by atoms with Crippen molar-refractivity contribution in [2.45, 2.75) is 193 Å². The molecule has 0 spiro atoms. The molecule has 0 bridgehead atoms. The van der Waals surface area contributed by atoms with E-state index in [1.54, 1.807) is 24.3 Å². The Kier molecular flexibility index (Phi) is 42.8. The van der Waals surface area contributed by atoms with Gasteiger partial charge in [-0.2, -0.15) is 0 Å². The minimum atomic E-state index is -0.627. The zero-order valence-corrected chi connectivity index (χ0v) is 38.3. The monoisotopic (exact) mass is 889 g/mol. The molecule has 16 heteroatoms. The first kappa shape index (κ1) is 64.6. The Labute approximate surface area is 369 Å². The smallest absolute Gasteiger partial charge is 0.303 e. The van der Waals surface area contributed by atoms with E-state index in [-0.39, 0.29) is 55.0 Å². The molecule has 0 unspecified atom stereocenters. The molecule has 16 nitrogen and oxygen atoms in total. The molecular formula is C46H80O16. The maximum absolute atomic E-state index is 10.7. The molecule has 0 fully saturated rings. The van der Waals surface area contributed by atoms with Crippen molar-refractivity contribution < 1.29 is 79.0 Å². The first-order chi connectivity index (χ1) is 29.0. The second kappa shape index (κ2) is 41.0. The summed E-state index contributed by atoms with van der Waals surface area (Å²) in [7, 11) is 0. The molecule has 2 aliphatic rings. The van der Waals surface area contributed by atoms with Gasteiger partial charge in [0.2, 0.25) is 0 Å². The van der Waals surface area contributed by atoms with Gasteiger partial charge in [0.15, 0.2) is 0 Å². The van der Waals surface area contributed by atoms with Crippen molar-refractivity contribution in [2.75, 3.05) is 0 Å². The van der Waals surface area contributed by atoms with Gasteiger partial charge in [-0.1, -0.05) is 77.3 Å². The highest BCUT2D eigenvalue weighted by atomic mass is 16.6. The fourth-order valence-electron chi connectivity index (χ4n) is 4.67. The molecule has 0 radical (unpaired) electrons. The van der Waals surface area contributed by atoms with Crippen molar-refractivity contribution in [3.8, 4) is 0 Å². The highest BCUT2D eigenvalue weighted by molar-refractivity contribution is 5.67. The largest absolute Gasteiger partial charge is 0.458 e. The first-order valence-corrected chi connectivity index (χ1v) is 21.0. The summed E-state index contributed by atoms with van der Waals surface area (Å²) in [6.45, 7) is 26.7. The number of aliphatic hydroxyl groups excluding tert-OH is 8. The molecule has 0 aliphatic heterocycles. The molecule has 0 heterocycles. The van der Waals surface area contributed by atoms with E-state index in [1.807, 2.05) is 27.7 Å². The Bertz CT molecular complexity index is 1180. The van der Waals surface area contributed by atoms with Crippen LogP contribution in [-0.4, -0.2) is 138 Å². The van der Waals surface area contributed by atoms with Crippen LogP contribution in [0.1, 0.15) is 120 Å². The number of ether oxygens (including phenoxy) is 4. The summed E-state index contributed by atoms with van der Waals surface area (Å²) in [5, 5.41) is 71.0. The van der Waals surface area contributed by atoms with Crippen LogP contribution in [-0.2, 0) is 38.1 Å². The zero-order chi connectivity index (χ0) is 48.8. The molecule has 0 saturated carbocycles.